The van der Waals surface area contributed by atoms with E-state index >= 15 is 0 Å². The number of para-hydroxylation sites is 1. The summed E-state index contributed by atoms with van der Waals surface area (Å²) >= 11 is 0. The number of aromatic carboxylic acids is 1. The lowest BCUT2D eigenvalue weighted by Crippen LogP contribution is -2.12. The summed E-state index contributed by atoms with van der Waals surface area (Å²) in [6.45, 7) is 2.62. The highest BCUT2D eigenvalue weighted by atomic mass is 16.4. The molecule has 4 rings (SSSR count). The van der Waals surface area contributed by atoms with Crippen LogP contribution in [0.2, 0.25) is 0 Å². The summed E-state index contributed by atoms with van der Waals surface area (Å²) in [5.41, 5.74) is 11.0. The molecule has 0 aliphatic heterocycles. The molecule has 1 heterocycles. The maximum Gasteiger partial charge on any atom is 0.337 e. The average molecular weight is 412 g/mol. The van der Waals surface area contributed by atoms with Gasteiger partial charge in [-0.05, 0) is 35.2 Å². The van der Waals surface area contributed by atoms with Crippen molar-refractivity contribution in [2.45, 2.75) is 26.3 Å². The molecule has 0 amide bonds. The Balaban J connectivity index is 1.74. The van der Waals surface area contributed by atoms with E-state index in [0.717, 1.165) is 35.4 Å². The van der Waals surface area contributed by atoms with E-state index in [0.29, 0.717) is 23.1 Å². The summed E-state index contributed by atoms with van der Waals surface area (Å²) in [5, 5.41) is 17.5. The van der Waals surface area contributed by atoms with Gasteiger partial charge in [0.25, 0.3) is 0 Å². The lowest BCUT2D eigenvalue weighted by molar-refractivity contribution is 0.0698. The van der Waals surface area contributed by atoms with E-state index in [2.05, 4.69) is 6.92 Å². The highest BCUT2D eigenvalue weighted by Crippen LogP contribution is 2.26. The van der Waals surface area contributed by atoms with Crippen LogP contribution in [0.1, 0.15) is 40.7 Å². The molecule has 0 saturated heterocycles. The predicted octanol–water partition coefficient (Wildman–Crippen LogP) is 4.69. The zero-order valence-corrected chi connectivity index (χ0v) is 17.3. The highest BCUT2D eigenvalue weighted by molar-refractivity contribution is 6.02. The monoisotopic (exact) mass is 412 g/mol. The zero-order chi connectivity index (χ0) is 22.0. The fraction of sp³-hybridized carbons (Fsp3) is 0.160. The van der Waals surface area contributed by atoms with Gasteiger partial charge in [0.1, 0.15) is 11.7 Å². The van der Waals surface area contributed by atoms with Gasteiger partial charge >= 0.3 is 5.97 Å². The fourth-order valence-corrected chi connectivity index (χ4v) is 3.93. The number of nitrogens with two attached hydrogens (primary N) is 1. The molecule has 0 atom stereocenters. The minimum Gasteiger partial charge on any atom is -0.478 e. The van der Waals surface area contributed by atoms with E-state index in [1.807, 2.05) is 59.2 Å². The van der Waals surface area contributed by atoms with Crippen LogP contribution in [-0.4, -0.2) is 26.5 Å². The van der Waals surface area contributed by atoms with E-state index in [1.54, 1.807) is 12.1 Å². The number of rotatable bonds is 7. The topological polar surface area (TPSA) is 105 Å². The molecular weight excluding hydrogens is 388 g/mol. The number of carboxylic acid groups (broad SMARTS) is 1. The molecule has 0 spiro atoms. The second-order valence-electron chi connectivity index (χ2n) is 7.50. The van der Waals surface area contributed by atoms with Crippen LogP contribution in [0.5, 0.6) is 0 Å². The van der Waals surface area contributed by atoms with Gasteiger partial charge < -0.3 is 15.4 Å². The van der Waals surface area contributed by atoms with E-state index in [9.17, 15) is 9.90 Å². The number of aryl methyl sites for hydroxylation is 1. The van der Waals surface area contributed by atoms with Crippen LogP contribution in [0.25, 0.3) is 22.2 Å². The minimum absolute atomic E-state index is 0.0370. The second-order valence-corrected chi connectivity index (χ2v) is 7.50. The van der Waals surface area contributed by atoms with Crippen molar-refractivity contribution in [1.82, 2.24) is 9.55 Å². The molecule has 0 aliphatic rings. The van der Waals surface area contributed by atoms with Crippen LogP contribution in [-0.2, 0) is 13.0 Å². The molecular formula is C25H24N4O2. The Kier molecular flexibility index (Phi) is 5.54. The van der Waals surface area contributed by atoms with Crippen LogP contribution >= 0.6 is 0 Å². The van der Waals surface area contributed by atoms with Crippen molar-refractivity contribution < 1.29 is 9.90 Å². The number of hydrogen-bond donors (Lipinski definition) is 3. The molecule has 0 saturated carbocycles. The first-order valence-electron chi connectivity index (χ1n) is 10.2. The maximum absolute atomic E-state index is 11.8. The van der Waals surface area contributed by atoms with E-state index in [4.69, 9.17) is 16.1 Å². The summed E-state index contributed by atoms with van der Waals surface area (Å²) in [6, 6.07) is 20.9. The normalized spacial score (nSPS) is 11.0. The Bertz CT molecular complexity index is 1270. The van der Waals surface area contributed by atoms with Gasteiger partial charge in [0.2, 0.25) is 0 Å². The summed E-state index contributed by atoms with van der Waals surface area (Å²) in [4.78, 5) is 16.5. The first kappa shape index (κ1) is 20.3. The number of nitrogens with one attached hydrogen (secondary N) is 1. The molecule has 0 aliphatic carbocycles. The first-order valence-corrected chi connectivity index (χ1v) is 10.2. The van der Waals surface area contributed by atoms with Crippen LogP contribution in [0.4, 0.5) is 0 Å². The van der Waals surface area contributed by atoms with Gasteiger partial charge in [-0.2, -0.15) is 0 Å². The molecule has 0 bridgehead atoms. The van der Waals surface area contributed by atoms with E-state index in [-0.39, 0.29) is 11.4 Å². The van der Waals surface area contributed by atoms with Gasteiger partial charge in [-0.15, -0.1) is 0 Å². The van der Waals surface area contributed by atoms with Crippen LogP contribution in [0.3, 0.4) is 0 Å². The number of carbonyl (C=O) groups is 1. The number of benzene rings is 3. The molecule has 3 aromatic carbocycles. The summed E-state index contributed by atoms with van der Waals surface area (Å²) in [6.07, 6.45) is 1.70. The number of nitrogens with zero attached hydrogens (tertiary/aromatic N) is 2. The second kappa shape index (κ2) is 8.44. The molecule has 0 radical (unpaired) electrons. The van der Waals surface area contributed by atoms with Crippen molar-refractivity contribution in [3.8, 4) is 11.1 Å². The lowest BCUT2D eigenvalue weighted by atomic mass is 9.98. The van der Waals surface area contributed by atoms with Gasteiger partial charge in [-0.25, -0.2) is 9.78 Å². The molecule has 31 heavy (non-hydrogen) atoms. The Labute approximate surface area is 180 Å². The number of fused-ring (bicyclic) bond motifs is 1. The number of carboxylic acids is 1. The van der Waals surface area contributed by atoms with Gasteiger partial charge in [-0.1, -0.05) is 61.5 Å². The number of hydrogen-bond acceptors (Lipinski definition) is 3. The van der Waals surface area contributed by atoms with Gasteiger partial charge in [0, 0.05) is 18.5 Å². The fourth-order valence-electron chi connectivity index (χ4n) is 3.93. The number of imidazole rings is 1. The van der Waals surface area contributed by atoms with Crippen LogP contribution < -0.4 is 5.73 Å². The molecule has 1 aromatic heterocycles. The summed E-state index contributed by atoms with van der Waals surface area (Å²) in [7, 11) is 0. The minimum atomic E-state index is -0.953. The van der Waals surface area contributed by atoms with Crippen LogP contribution in [0, 0.1) is 5.41 Å². The Hall–Kier alpha value is -3.93. The van der Waals surface area contributed by atoms with E-state index < -0.39 is 5.97 Å². The first-order chi connectivity index (χ1) is 15.0. The third-order valence-corrected chi connectivity index (χ3v) is 5.37. The smallest absolute Gasteiger partial charge is 0.337 e. The number of amidine groups is 1. The lowest BCUT2D eigenvalue weighted by Gasteiger charge is -2.12. The largest absolute Gasteiger partial charge is 0.478 e. The molecule has 0 fully saturated rings. The van der Waals surface area contributed by atoms with Gasteiger partial charge in [0.05, 0.1) is 16.6 Å². The quantitative estimate of drug-likeness (QED) is 0.302. The highest BCUT2D eigenvalue weighted by Gasteiger charge is 2.17. The number of aromatic nitrogens is 2. The Morgan fingerprint density at radius 1 is 1.03 bits per heavy atom. The van der Waals surface area contributed by atoms with Crippen molar-refractivity contribution in [2.75, 3.05) is 0 Å². The standard InChI is InChI=1S/C25H24N4O2/c1-2-6-22-28-21-10-5-9-20(25(30)31)23(21)29(22)15-16-11-13-17(14-12-16)18-7-3-4-8-19(18)24(26)27/h3-5,7-14H,2,6,15H2,1H3,(H3,26,27)(H,30,31). The summed E-state index contributed by atoms with van der Waals surface area (Å²) < 4.78 is 2.01. The maximum atomic E-state index is 11.8. The predicted molar refractivity (Wildman–Crippen MR) is 123 cm³/mol. The molecule has 156 valence electrons. The van der Waals surface area contributed by atoms with Crippen molar-refractivity contribution in [3.05, 3.63) is 89.2 Å². The SMILES string of the molecule is CCCc1nc2cccc(C(=O)O)c2n1Cc1ccc(-c2ccccc2C(=N)N)cc1. The third-order valence-electron chi connectivity index (χ3n) is 5.37. The van der Waals surface area contributed by atoms with Crippen LogP contribution in [0.15, 0.2) is 66.7 Å². The molecule has 4 N–H and O–H groups in total. The van der Waals surface area contributed by atoms with E-state index in [1.165, 1.54) is 0 Å². The number of nitrogen functional groups attached to an aromatic ring is 1. The average Bonchev–Trinajstić information content (AvgIpc) is 3.11. The Morgan fingerprint density at radius 2 is 1.74 bits per heavy atom. The van der Waals surface area contributed by atoms with Gasteiger partial charge in [0.15, 0.2) is 0 Å². The molecule has 6 heteroatoms. The molecule has 6 nitrogen and oxygen atoms in total. The zero-order valence-electron chi connectivity index (χ0n) is 17.3. The third kappa shape index (κ3) is 3.92. The summed E-state index contributed by atoms with van der Waals surface area (Å²) in [5.74, 6) is -0.0295. The Morgan fingerprint density at radius 3 is 2.42 bits per heavy atom. The van der Waals surface area contributed by atoms with Crippen molar-refractivity contribution in [1.29, 1.82) is 5.41 Å². The molecule has 4 aromatic rings. The van der Waals surface area contributed by atoms with Crippen molar-refractivity contribution in [3.63, 3.8) is 0 Å². The molecule has 0 unspecified atom stereocenters. The van der Waals surface area contributed by atoms with Crippen molar-refractivity contribution in [2.24, 2.45) is 5.73 Å². The van der Waals surface area contributed by atoms with Crippen molar-refractivity contribution >= 4 is 22.8 Å². The van der Waals surface area contributed by atoms with Gasteiger partial charge in [-0.3, -0.25) is 5.41 Å².